The van der Waals surface area contributed by atoms with Gasteiger partial charge in [0.05, 0.1) is 0 Å². The summed E-state index contributed by atoms with van der Waals surface area (Å²) in [6.07, 6.45) is 4.12. The maximum atomic E-state index is 9.07. The van der Waals surface area contributed by atoms with Gasteiger partial charge in [0.15, 0.2) is 0 Å². The largest absolute Gasteiger partial charge is 0.192 e. The highest BCUT2D eigenvalue weighted by Gasteiger charge is 2.30. The Kier molecular flexibility index (Phi) is 3.54. The molecule has 0 heterocycles. The predicted octanol–water partition coefficient (Wildman–Crippen LogP) is 4.29. The van der Waals surface area contributed by atoms with Crippen LogP contribution in [-0.4, -0.2) is 0 Å². The van der Waals surface area contributed by atoms with Crippen molar-refractivity contribution in [3.63, 3.8) is 0 Å². The lowest BCUT2D eigenvalue weighted by Crippen LogP contribution is -2.10. The standard InChI is InChI=1S/C16H20N2/c1-15(2,3)12-7-13(11(9-17)10-18)14(8-12)16(4,5)6/h7-8H,1-6H3. The molecule has 0 aliphatic heterocycles. The molecule has 0 atom stereocenters. The van der Waals surface area contributed by atoms with Gasteiger partial charge in [-0.3, -0.25) is 0 Å². The van der Waals surface area contributed by atoms with Crippen molar-refractivity contribution in [1.29, 1.82) is 10.5 Å². The molecule has 0 aromatic carbocycles. The Bertz CT molecular complexity index is 514. The Morgan fingerprint density at radius 3 is 1.72 bits per heavy atom. The van der Waals surface area contributed by atoms with Crippen LogP contribution >= 0.6 is 0 Å². The van der Waals surface area contributed by atoms with E-state index in [4.69, 9.17) is 10.5 Å². The monoisotopic (exact) mass is 240 g/mol. The van der Waals surface area contributed by atoms with E-state index in [1.807, 2.05) is 18.2 Å². The van der Waals surface area contributed by atoms with E-state index in [1.54, 1.807) is 0 Å². The van der Waals surface area contributed by atoms with E-state index in [-0.39, 0.29) is 16.4 Å². The van der Waals surface area contributed by atoms with E-state index in [1.165, 1.54) is 5.57 Å². The Morgan fingerprint density at radius 1 is 0.889 bits per heavy atom. The first-order valence-electron chi connectivity index (χ1n) is 6.10. The van der Waals surface area contributed by atoms with E-state index < -0.39 is 0 Å². The van der Waals surface area contributed by atoms with E-state index >= 15 is 0 Å². The summed E-state index contributed by atoms with van der Waals surface area (Å²) in [6.45, 7) is 12.7. The highest BCUT2D eigenvalue weighted by Crippen LogP contribution is 2.43. The maximum absolute atomic E-state index is 9.07. The second kappa shape index (κ2) is 4.46. The van der Waals surface area contributed by atoms with Crippen LogP contribution < -0.4 is 0 Å². The molecule has 0 saturated heterocycles. The highest BCUT2D eigenvalue weighted by atomic mass is 14.4. The summed E-state index contributed by atoms with van der Waals surface area (Å²) in [4.78, 5) is 0. The Morgan fingerprint density at radius 2 is 1.39 bits per heavy atom. The average molecular weight is 240 g/mol. The second-order valence-corrected chi connectivity index (χ2v) is 6.67. The minimum absolute atomic E-state index is 0.0221. The van der Waals surface area contributed by atoms with Gasteiger partial charge in [0.2, 0.25) is 0 Å². The molecule has 0 spiro atoms. The highest BCUT2D eigenvalue weighted by molar-refractivity contribution is 5.63. The normalized spacial score (nSPS) is 15.7. The lowest BCUT2D eigenvalue weighted by atomic mass is 9.81. The summed E-state index contributed by atoms with van der Waals surface area (Å²) < 4.78 is 0. The van der Waals surface area contributed by atoms with Gasteiger partial charge in [0, 0.05) is 5.57 Å². The first-order valence-corrected chi connectivity index (χ1v) is 6.10. The van der Waals surface area contributed by atoms with Crippen LogP contribution in [0, 0.1) is 33.5 Å². The van der Waals surface area contributed by atoms with E-state index in [0.717, 1.165) is 11.1 Å². The predicted molar refractivity (Wildman–Crippen MR) is 73.3 cm³/mol. The van der Waals surface area contributed by atoms with Crippen LogP contribution in [0.15, 0.2) is 34.4 Å². The number of hydrogen-bond donors (Lipinski definition) is 0. The van der Waals surface area contributed by atoms with E-state index in [0.29, 0.717) is 0 Å². The Hall–Kier alpha value is -1.80. The average Bonchev–Trinajstić information content (AvgIpc) is 2.63. The molecule has 0 aromatic heterocycles. The smallest absolute Gasteiger partial charge is 0.137 e. The fraction of sp³-hybridized carbons (Fsp3) is 0.500. The molecule has 0 aromatic rings. The van der Waals surface area contributed by atoms with Crippen molar-refractivity contribution in [2.45, 2.75) is 41.5 Å². The molecule has 94 valence electrons. The number of rotatable bonds is 0. The maximum Gasteiger partial charge on any atom is 0.137 e. The van der Waals surface area contributed by atoms with Crippen LogP contribution in [-0.2, 0) is 0 Å². The topological polar surface area (TPSA) is 47.6 Å². The third-order valence-corrected chi connectivity index (χ3v) is 3.06. The van der Waals surface area contributed by atoms with Gasteiger partial charge in [0.25, 0.3) is 0 Å². The summed E-state index contributed by atoms with van der Waals surface area (Å²) in [5.74, 6) is 0. The van der Waals surface area contributed by atoms with Gasteiger partial charge < -0.3 is 0 Å². The quantitative estimate of drug-likeness (QED) is 0.593. The zero-order valence-electron chi connectivity index (χ0n) is 12.0. The first-order chi connectivity index (χ1) is 8.11. The zero-order chi connectivity index (χ0) is 14.1. The first kappa shape index (κ1) is 14.3. The molecule has 0 radical (unpaired) electrons. The molecule has 0 saturated carbocycles. The molecule has 0 N–H and O–H groups in total. The summed E-state index contributed by atoms with van der Waals surface area (Å²) in [7, 11) is 0. The molecular formula is C16H20N2. The van der Waals surface area contributed by atoms with Crippen LogP contribution in [0.2, 0.25) is 0 Å². The van der Waals surface area contributed by atoms with E-state index in [2.05, 4.69) is 47.6 Å². The lowest BCUT2D eigenvalue weighted by molar-refractivity contribution is 0.504. The van der Waals surface area contributed by atoms with Gasteiger partial charge in [0.1, 0.15) is 17.7 Å². The number of nitrogens with zero attached hydrogens (tertiary/aromatic N) is 2. The fourth-order valence-electron chi connectivity index (χ4n) is 1.91. The number of hydrogen-bond acceptors (Lipinski definition) is 2. The van der Waals surface area contributed by atoms with Crippen molar-refractivity contribution < 1.29 is 0 Å². The molecule has 0 amide bonds. The summed E-state index contributed by atoms with van der Waals surface area (Å²) in [5.41, 5.74) is 3.19. The van der Waals surface area contributed by atoms with Crippen molar-refractivity contribution in [3.05, 3.63) is 34.4 Å². The Labute approximate surface area is 110 Å². The van der Waals surface area contributed by atoms with Gasteiger partial charge in [-0.25, -0.2) is 0 Å². The molecule has 0 fully saturated rings. The second-order valence-electron chi connectivity index (χ2n) is 6.67. The molecule has 2 heteroatoms. The molecule has 0 unspecified atom stereocenters. The molecule has 1 rings (SSSR count). The molecule has 0 bridgehead atoms. The Balaban J connectivity index is 3.50. The van der Waals surface area contributed by atoms with Crippen molar-refractivity contribution in [2.24, 2.45) is 10.8 Å². The van der Waals surface area contributed by atoms with Crippen molar-refractivity contribution >= 4 is 0 Å². The van der Waals surface area contributed by atoms with Crippen molar-refractivity contribution in [3.8, 4) is 12.1 Å². The van der Waals surface area contributed by atoms with Gasteiger partial charge in [-0.15, -0.1) is 0 Å². The molecule has 18 heavy (non-hydrogen) atoms. The molecule has 2 nitrogen and oxygen atoms in total. The van der Waals surface area contributed by atoms with Crippen molar-refractivity contribution in [2.75, 3.05) is 0 Å². The zero-order valence-corrected chi connectivity index (χ0v) is 12.0. The van der Waals surface area contributed by atoms with Gasteiger partial charge in [-0.2, -0.15) is 10.5 Å². The molecule has 1 aliphatic rings. The summed E-state index contributed by atoms with van der Waals surface area (Å²) >= 11 is 0. The van der Waals surface area contributed by atoms with Gasteiger partial charge in [-0.1, -0.05) is 47.6 Å². The summed E-state index contributed by atoms with van der Waals surface area (Å²) in [5, 5.41) is 18.1. The SMILES string of the molecule is CC(C)(C)C1=CC(=C(C#N)C#N)C(C(C)(C)C)=C1. The van der Waals surface area contributed by atoms with Crippen molar-refractivity contribution in [1.82, 2.24) is 0 Å². The minimum atomic E-state index is -0.0716. The lowest BCUT2D eigenvalue weighted by Gasteiger charge is -2.22. The number of allylic oxidation sites excluding steroid dienone is 6. The van der Waals surface area contributed by atoms with Gasteiger partial charge >= 0.3 is 0 Å². The van der Waals surface area contributed by atoms with Crippen LogP contribution in [0.25, 0.3) is 0 Å². The molecular weight excluding hydrogens is 220 g/mol. The minimum Gasteiger partial charge on any atom is -0.192 e. The fourth-order valence-corrected chi connectivity index (χ4v) is 1.91. The summed E-state index contributed by atoms with van der Waals surface area (Å²) in [6, 6.07) is 4.00. The third kappa shape index (κ3) is 2.71. The van der Waals surface area contributed by atoms with Gasteiger partial charge in [-0.05, 0) is 28.1 Å². The van der Waals surface area contributed by atoms with Crippen LogP contribution in [0.5, 0.6) is 0 Å². The van der Waals surface area contributed by atoms with E-state index in [9.17, 15) is 0 Å². The third-order valence-electron chi connectivity index (χ3n) is 3.06. The number of nitriles is 2. The van der Waals surface area contributed by atoms with Crippen LogP contribution in [0.1, 0.15) is 41.5 Å². The van der Waals surface area contributed by atoms with Crippen LogP contribution in [0.3, 0.4) is 0 Å². The van der Waals surface area contributed by atoms with Crippen LogP contribution in [0.4, 0.5) is 0 Å². The molecule has 1 aliphatic carbocycles.